The van der Waals surface area contributed by atoms with E-state index in [9.17, 15) is 8.42 Å². The van der Waals surface area contributed by atoms with Crippen LogP contribution in [0.5, 0.6) is 0 Å². The zero-order valence-corrected chi connectivity index (χ0v) is 10.4. The van der Waals surface area contributed by atoms with Gasteiger partial charge < -0.3 is 5.73 Å². The van der Waals surface area contributed by atoms with Gasteiger partial charge in [0.15, 0.2) is 0 Å². The van der Waals surface area contributed by atoms with Crippen molar-refractivity contribution in [3.05, 3.63) is 41.0 Å². The molecule has 0 aliphatic carbocycles. The third-order valence-electron chi connectivity index (χ3n) is 2.55. The Bertz CT molecular complexity index is 601. The normalized spacial score (nSPS) is 17.8. The summed E-state index contributed by atoms with van der Waals surface area (Å²) < 4.78 is 26.5. The van der Waals surface area contributed by atoms with Gasteiger partial charge in [0.2, 0.25) is 0 Å². The fourth-order valence-corrected chi connectivity index (χ4v) is 2.95. The molecule has 0 unspecified atom stereocenters. The molecule has 0 aromatic heterocycles. The Morgan fingerprint density at radius 1 is 1.47 bits per heavy atom. The Hall–Kier alpha value is -1.62. The second-order valence-corrected chi connectivity index (χ2v) is 5.53. The molecule has 4 nitrogen and oxygen atoms in total. The van der Waals surface area contributed by atoms with Gasteiger partial charge in [-0.25, -0.2) is 8.42 Å². The molecule has 90 valence electrons. The molecule has 0 radical (unpaired) electrons. The Morgan fingerprint density at radius 3 is 2.94 bits per heavy atom. The van der Waals surface area contributed by atoms with Crippen LogP contribution in [0.4, 0.5) is 0 Å². The summed E-state index contributed by atoms with van der Waals surface area (Å²) in [6.45, 7) is 2.04. The molecule has 17 heavy (non-hydrogen) atoms. The Morgan fingerprint density at radius 2 is 2.24 bits per heavy atom. The van der Waals surface area contributed by atoms with Crippen LogP contribution in [-0.4, -0.2) is 14.3 Å². The van der Waals surface area contributed by atoms with Crippen LogP contribution in [0.2, 0.25) is 0 Å². The number of fused-ring (bicyclic) bond motifs is 1. The van der Waals surface area contributed by atoms with E-state index in [4.69, 9.17) is 5.73 Å². The number of rotatable bonds is 2. The first-order valence-electron chi connectivity index (χ1n) is 5.40. The largest absolute Gasteiger partial charge is 0.383 e. The van der Waals surface area contributed by atoms with Crippen molar-refractivity contribution < 1.29 is 8.42 Å². The standard InChI is InChI=1S/C12H14N2O2S/c1-2-3-5-9-6-4-7-10-8-17(15,16)14-12(13)11(9)10/h3-7H,2,8H2,1H3,(H2,13,14)/b5-3+. The van der Waals surface area contributed by atoms with Crippen LogP contribution in [-0.2, 0) is 15.8 Å². The molecular formula is C12H14N2O2S. The minimum Gasteiger partial charge on any atom is -0.383 e. The number of hydrogen-bond acceptors (Lipinski definition) is 3. The number of amidine groups is 1. The van der Waals surface area contributed by atoms with Crippen molar-refractivity contribution in [3.63, 3.8) is 0 Å². The van der Waals surface area contributed by atoms with Gasteiger partial charge in [-0.3, -0.25) is 0 Å². The molecule has 0 spiro atoms. The van der Waals surface area contributed by atoms with Crippen molar-refractivity contribution in [3.8, 4) is 0 Å². The highest BCUT2D eigenvalue weighted by Crippen LogP contribution is 2.23. The van der Waals surface area contributed by atoms with E-state index in [0.29, 0.717) is 0 Å². The zero-order chi connectivity index (χ0) is 12.5. The lowest BCUT2D eigenvalue weighted by Crippen LogP contribution is -2.24. The van der Waals surface area contributed by atoms with Gasteiger partial charge in [0.1, 0.15) is 5.84 Å². The predicted molar refractivity (Wildman–Crippen MR) is 69.1 cm³/mol. The van der Waals surface area contributed by atoms with Crippen molar-refractivity contribution in [2.45, 2.75) is 19.1 Å². The first kappa shape index (κ1) is 11.9. The fourth-order valence-electron chi connectivity index (χ4n) is 1.86. The fraction of sp³-hybridized carbons (Fsp3) is 0.250. The van der Waals surface area contributed by atoms with Crippen molar-refractivity contribution in [1.29, 1.82) is 0 Å². The van der Waals surface area contributed by atoms with Crippen molar-refractivity contribution in [2.24, 2.45) is 10.1 Å². The number of sulfonamides is 1. The number of allylic oxidation sites excluding steroid dienone is 1. The molecule has 5 heteroatoms. The Labute approximate surface area is 101 Å². The molecule has 0 bridgehead atoms. The van der Waals surface area contributed by atoms with Crippen LogP contribution < -0.4 is 5.73 Å². The topological polar surface area (TPSA) is 72.5 Å². The van der Waals surface area contributed by atoms with Crippen LogP contribution in [0.15, 0.2) is 28.7 Å². The summed E-state index contributed by atoms with van der Waals surface area (Å²) in [6.07, 6.45) is 4.87. The van der Waals surface area contributed by atoms with E-state index in [2.05, 4.69) is 4.40 Å². The van der Waals surface area contributed by atoms with Gasteiger partial charge in [0.25, 0.3) is 10.0 Å². The lowest BCUT2D eigenvalue weighted by atomic mass is 10.0. The van der Waals surface area contributed by atoms with Gasteiger partial charge in [0, 0.05) is 5.56 Å². The first-order valence-corrected chi connectivity index (χ1v) is 7.01. The molecule has 1 aliphatic heterocycles. The molecule has 1 aliphatic rings. The average molecular weight is 250 g/mol. The lowest BCUT2D eigenvalue weighted by molar-refractivity contribution is 0.596. The van der Waals surface area contributed by atoms with Crippen molar-refractivity contribution >= 4 is 21.9 Å². The summed E-state index contributed by atoms with van der Waals surface area (Å²) >= 11 is 0. The quantitative estimate of drug-likeness (QED) is 0.867. The minimum atomic E-state index is -3.44. The molecular weight excluding hydrogens is 236 g/mol. The lowest BCUT2D eigenvalue weighted by Gasteiger charge is -2.16. The van der Waals surface area contributed by atoms with Gasteiger partial charge >= 0.3 is 0 Å². The predicted octanol–water partition coefficient (Wildman–Crippen LogP) is 1.66. The average Bonchev–Trinajstić information content (AvgIpc) is 2.23. The van der Waals surface area contributed by atoms with E-state index in [1.807, 2.05) is 31.2 Å². The maximum Gasteiger partial charge on any atom is 0.259 e. The van der Waals surface area contributed by atoms with E-state index in [-0.39, 0.29) is 11.6 Å². The molecule has 0 fully saturated rings. The second-order valence-electron chi connectivity index (χ2n) is 3.89. The van der Waals surface area contributed by atoms with E-state index in [0.717, 1.165) is 23.1 Å². The highest BCUT2D eigenvalue weighted by Gasteiger charge is 2.23. The molecule has 2 rings (SSSR count). The summed E-state index contributed by atoms with van der Waals surface area (Å²) in [6, 6.07) is 5.52. The Kier molecular flexibility index (Phi) is 3.02. The van der Waals surface area contributed by atoms with Gasteiger partial charge in [-0.1, -0.05) is 37.3 Å². The van der Waals surface area contributed by atoms with Gasteiger partial charge in [-0.2, -0.15) is 0 Å². The van der Waals surface area contributed by atoms with Crippen LogP contribution in [0.3, 0.4) is 0 Å². The highest BCUT2D eigenvalue weighted by molar-refractivity contribution is 7.89. The van der Waals surface area contributed by atoms with Crippen LogP contribution >= 0.6 is 0 Å². The van der Waals surface area contributed by atoms with E-state index in [1.165, 1.54) is 0 Å². The highest BCUT2D eigenvalue weighted by atomic mass is 32.2. The number of benzene rings is 1. The van der Waals surface area contributed by atoms with E-state index in [1.54, 1.807) is 6.07 Å². The van der Waals surface area contributed by atoms with Crippen LogP contribution in [0.1, 0.15) is 30.0 Å². The smallest absolute Gasteiger partial charge is 0.259 e. The molecule has 1 aromatic rings. The molecule has 1 heterocycles. The molecule has 0 amide bonds. The summed E-state index contributed by atoms with van der Waals surface area (Å²) in [7, 11) is -3.44. The van der Waals surface area contributed by atoms with Crippen LogP contribution in [0.25, 0.3) is 6.08 Å². The second kappa shape index (κ2) is 4.33. The zero-order valence-electron chi connectivity index (χ0n) is 9.55. The summed E-state index contributed by atoms with van der Waals surface area (Å²) in [4.78, 5) is 0. The first-order chi connectivity index (χ1) is 8.03. The number of hydrogen-bond donors (Lipinski definition) is 1. The minimum absolute atomic E-state index is 0.0726. The summed E-state index contributed by atoms with van der Waals surface area (Å²) in [5.74, 6) is 0.0132. The molecule has 2 N–H and O–H groups in total. The molecule has 0 saturated carbocycles. The summed E-state index contributed by atoms with van der Waals surface area (Å²) in [5.41, 5.74) is 8.11. The van der Waals surface area contributed by atoms with Gasteiger partial charge in [0.05, 0.1) is 5.75 Å². The van der Waals surface area contributed by atoms with E-state index < -0.39 is 10.0 Å². The van der Waals surface area contributed by atoms with Gasteiger partial charge in [-0.15, -0.1) is 4.40 Å². The molecule has 1 aromatic carbocycles. The summed E-state index contributed by atoms with van der Waals surface area (Å²) in [5, 5.41) is 0. The Balaban J connectivity index is 2.60. The third-order valence-corrected chi connectivity index (χ3v) is 3.70. The third kappa shape index (κ3) is 2.39. The monoisotopic (exact) mass is 250 g/mol. The molecule has 0 atom stereocenters. The van der Waals surface area contributed by atoms with Crippen LogP contribution in [0, 0.1) is 0 Å². The number of nitrogens with two attached hydrogens (primary N) is 1. The van der Waals surface area contributed by atoms with Crippen molar-refractivity contribution in [2.75, 3.05) is 0 Å². The van der Waals surface area contributed by atoms with Gasteiger partial charge in [-0.05, 0) is 17.5 Å². The maximum absolute atomic E-state index is 11.5. The maximum atomic E-state index is 11.5. The van der Waals surface area contributed by atoms with E-state index >= 15 is 0 Å². The molecule has 0 saturated heterocycles. The number of nitrogens with zero attached hydrogens (tertiary/aromatic N) is 1. The SMILES string of the molecule is CC/C=C/c1cccc2c1C(N)=NS(=O)(=O)C2. The van der Waals surface area contributed by atoms with Crippen molar-refractivity contribution in [1.82, 2.24) is 0 Å².